The number of hydrogen-bond donors (Lipinski definition) is 1. The predicted octanol–water partition coefficient (Wildman–Crippen LogP) is 3.66. The lowest BCUT2D eigenvalue weighted by atomic mass is 10.3. The van der Waals surface area contributed by atoms with Crippen LogP contribution in [-0.4, -0.2) is 24.2 Å². The van der Waals surface area contributed by atoms with Crippen molar-refractivity contribution < 1.29 is 18.9 Å². The quantitative estimate of drug-likeness (QED) is 0.733. The average Bonchev–Trinajstić information content (AvgIpc) is 2.66. The van der Waals surface area contributed by atoms with Gasteiger partial charge in [0.15, 0.2) is 17.2 Å². The average molecular weight is 339 g/mol. The molecule has 1 aromatic heterocycles. The molecule has 0 unspecified atom stereocenters. The van der Waals surface area contributed by atoms with E-state index in [2.05, 4.69) is 9.97 Å². The topological polar surface area (TPSA) is 88.7 Å². The molecular formula is C18H17N3O4. The van der Waals surface area contributed by atoms with Crippen molar-refractivity contribution >= 4 is 5.69 Å². The summed E-state index contributed by atoms with van der Waals surface area (Å²) in [5.41, 5.74) is 6.27. The minimum absolute atomic E-state index is 0.183. The van der Waals surface area contributed by atoms with Gasteiger partial charge in [0.05, 0.1) is 14.2 Å². The first-order chi connectivity index (χ1) is 12.2. The SMILES string of the molecule is COc1ccc(Oc2ncnc(Oc3ccccc3OC)c2N)cc1. The highest BCUT2D eigenvalue weighted by molar-refractivity contribution is 5.58. The van der Waals surface area contributed by atoms with Gasteiger partial charge in [-0.05, 0) is 36.4 Å². The summed E-state index contributed by atoms with van der Waals surface area (Å²) in [6.07, 6.45) is 1.32. The molecular weight excluding hydrogens is 322 g/mol. The molecule has 0 aliphatic rings. The van der Waals surface area contributed by atoms with Crippen molar-refractivity contribution in [3.05, 3.63) is 54.9 Å². The molecule has 2 aromatic carbocycles. The van der Waals surface area contributed by atoms with Gasteiger partial charge in [-0.15, -0.1) is 0 Å². The van der Waals surface area contributed by atoms with E-state index < -0.39 is 0 Å². The molecule has 7 heteroatoms. The Morgan fingerprint density at radius 1 is 0.720 bits per heavy atom. The second-order valence-corrected chi connectivity index (χ2v) is 4.93. The number of nitrogens with zero attached hydrogens (tertiary/aromatic N) is 2. The van der Waals surface area contributed by atoms with Crippen molar-refractivity contribution in [3.8, 4) is 34.8 Å². The van der Waals surface area contributed by atoms with E-state index in [4.69, 9.17) is 24.7 Å². The van der Waals surface area contributed by atoms with Gasteiger partial charge in [0, 0.05) is 0 Å². The highest BCUT2D eigenvalue weighted by Crippen LogP contribution is 2.36. The Morgan fingerprint density at radius 3 is 1.96 bits per heavy atom. The fourth-order valence-corrected chi connectivity index (χ4v) is 2.09. The van der Waals surface area contributed by atoms with Crippen LogP contribution in [0.5, 0.6) is 34.8 Å². The lowest BCUT2D eigenvalue weighted by Crippen LogP contribution is -2.01. The molecule has 3 aromatic rings. The lowest BCUT2D eigenvalue weighted by Gasteiger charge is -2.12. The Bertz CT molecular complexity index is 853. The Balaban J connectivity index is 1.84. The van der Waals surface area contributed by atoms with Crippen molar-refractivity contribution in [1.82, 2.24) is 9.97 Å². The zero-order chi connectivity index (χ0) is 17.6. The molecule has 0 bridgehead atoms. The maximum absolute atomic E-state index is 6.09. The highest BCUT2D eigenvalue weighted by atomic mass is 16.5. The Hall–Kier alpha value is -3.48. The summed E-state index contributed by atoms with van der Waals surface area (Å²) in [6, 6.07) is 14.3. The van der Waals surface area contributed by atoms with E-state index in [-0.39, 0.29) is 17.4 Å². The standard InChI is InChI=1S/C18H17N3O4/c1-22-12-7-9-13(10-8-12)24-17-16(19)18(21-11-20-17)25-15-6-4-3-5-14(15)23-2/h3-11H,19H2,1-2H3. The third-order valence-corrected chi connectivity index (χ3v) is 3.36. The van der Waals surface area contributed by atoms with Gasteiger partial charge in [0.1, 0.15) is 17.8 Å². The number of nitrogens with two attached hydrogens (primary N) is 1. The molecule has 25 heavy (non-hydrogen) atoms. The maximum atomic E-state index is 6.09. The van der Waals surface area contributed by atoms with Crippen molar-refractivity contribution in [1.29, 1.82) is 0 Å². The van der Waals surface area contributed by atoms with Crippen LogP contribution in [0.4, 0.5) is 5.69 Å². The van der Waals surface area contributed by atoms with E-state index in [9.17, 15) is 0 Å². The molecule has 0 aliphatic carbocycles. The molecule has 0 atom stereocenters. The minimum atomic E-state index is 0.183. The smallest absolute Gasteiger partial charge is 0.250 e. The van der Waals surface area contributed by atoms with Crippen LogP contribution in [0, 0.1) is 0 Å². The Kier molecular flexibility index (Phi) is 4.84. The van der Waals surface area contributed by atoms with Crippen LogP contribution in [0.3, 0.4) is 0 Å². The van der Waals surface area contributed by atoms with Crippen LogP contribution in [0.2, 0.25) is 0 Å². The number of benzene rings is 2. The first-order valence-corrected chi connectivity index (χ1v) is 7.44. The summed E-state index contributed by atoms with van der Waals surface area (Å²) in [4.78, 5) is 8.12. The number of methoxy groups -OCH3 is 2. The molecule has 0 fully saturated rings. The summed E-state index contributed by atoms with van der Waals surface area (Å²) in [7, 11) is 3.16. The van der Waals surface area contributed by atoms with Gasteiger partial charge in [0.2, 0.25) is 11.8 Å². The zero-order valence-electron chi connectivity index (χ0n) is 13.8. The van der Waals surface area contributed by atoms with Gasteiger partial charge in [-0.25, -0.2) is 0 Å². The number of anilines is 1. The Labute approximate surface area is 145 Å². The lowest BCUT2D eigenvalue weighted by molar-refractivity contribution is 0.372. The molecule has 0 saturated heterocycles. The molecule has 0 amide bonds. The van der Waals surface area contributed by atoms with E-state index in [0.717, 1.165) is 5.75 Å². The molecule has 0 saturated carbocycles. The third kappa shape index (κ3) is 3.72. The van der Waals surface area contributed by atoms with Gasteiger partial charge in [-0.1, -0.05) is 12.1 Å². The minimum Gasteiger partial charge on any atom is -0.497 e. The molecule has 0 radical (unpaired) electrons. The molecule has 1 heterocycles. The number of para-hydroxylation sites is 2. The summed E-state index contributed by atoms with van der Waals surface area (Å²) < 4.78 is 21.8. The second kappa shape index (κ2) is 7.39. The highest BCUT2D eigenvalue weighted by Gasteiger charge is 2.14. The Morgan fingerprint density at radius 2 is 1.32 bits per heavy atom. The van der Waals surface area contributed by atoms with Crippen LogP contribution in [0.1, 0.15) is 0 Å². The molecule has 0 spiro atoms. The monoisotopic (exact) mass is 339 g/mol. The van der Waals surface area contributed by atoms with Crippen molar-refractivity contribution in [2.75, 3.05) is 20.0 Å². The normalized spacial score (nSPS) is 10.2. The summed E-state index contributed by atoms with van der Waals surface area (Å²) >= 11 is 0. The summed E-state index contributed by atoms with van der Waals surface area (Å²) in [5.74, 6) is 2.73. The van der Waals surface area contributed by atoms with Gasteiger partial charge >= 0.3 is 0 Å². The first kappa shape index (κ1) is 16.4. The zero-order valence-corrected chi connectivity index (χ0v) is 13.8. The number of ether oxygens (including phenoxy) is 4. The number of aromatic nitrogens is 2. The maximum Gasteiger partial charge on any atom is 0.250 e. The molecule has 128 valence electrons. The van der Waals surface area contributed by atoms with Gasteiger partial charge in [-0.2, -0.15) is 9.97 Å². The van der Waals surface area contributed by atoms with Crippen LogP contribution in [0.25, 0.3) is 0 Å². The first-order valence-electron chi connectivity index (χ1n) is 7.44. The molecule has 7 nitrogen and oxygen atoms in total. The van der Waals surface area contributed by atoms with E-state index in [1.807, 2.05) is 12.1 Å². The van der Waals surface area contributed by atoms with Crippen molar-refractivity contribution in [3.63, 3.8) is 0 Å². The van der Waals surface area contributed by atoms with E-state index in [1.165, 1.54) is 6.33 Å². The number of rotatable bonds is 6. The van der Waals surface area contributed by atoms with Gasteiger partial charge < -0.3 is 24.7 Å². The van der Waals surface area contributed by atoms with Gasteiger partial charge in [0.25, 0.3) is 0 Å². The van der Waals surface area contributed by atoms with E-state index in [0.29, 0.717) is 17.2 Å². The number of hydrogen-bond acceptors (Lipinski definition) is 7. The predicted molar refractivity (Wildman–Crippen MR) is 92.6 cm³/mol. The molecule has 3 rings (SSSR count). The van der Waals surface area contributed by atoms with Crippen molar-refractivity contribution in [2.45, 2.75) is 0 Å². The van der Waals surface area contributed by atoms with Crippen LogP contribution < -0.4 is 24.7 Å². The fraction of sp³-hybridized carbons (Fsp3) is 0.111. The second-order valence-electron chi connectivity index (χ2n) is 4.93. The largest absolute Gasteiger partial charge is 0.497 e. The van der Waals surface area contributed by atoms with Gasteiger partial charge in [-0.3, -0.25) is 0 Å². The van der Waals surface area contributed by atoms with Crippen molar-refractivity contribution in [2.24, 2.45) is 0 Å². The third-order valence-electron chi connectivity index (χ3n) is 3.36. The fourth-order valence-electron chi connectivity index (χ4n) is 2.09. The summed E-state index contributed by atoms with van der Waals surface area (Å²) in [5, 5.41) is 0. The van der Waals surface area contributed by atoms with E-state index >= 15 is 0 Å². The van der Waals surface area contributed by atoms with Crippen LogP contribution >= 0.6 is 0 Å². The van der Waals surface area contributed by atoms with E-state index in [1.54, 1.807) is 50.6 Å². The van der Waals surface area contributed by atoms with Crippen LogP contribution in [-0.2, 0) is 0 Å². The molecule has 0 aliphatic heterocycles. The molecule has 2 N–H and O–H groups in total. The summed E-state index contributed by atoms with van der Waals surface area (Å²) in [6.45, 7) is 0. The number of nitrogen functional groups attached to an aromatic ring is 1. The van der Waals surface area contributed by atoms with Crippen LogP contribution in [0.15, 0.2) is 54.9 Å².